The molecule has 0 aromatic carbocycles. The highest BCUT2D eigenvalue weighted by molar-refractivity contribution is 7.18. The van der Waals surface area contributed by atoms with Gasteiger partial charge in [-0.2, -0.15) is 0 Å². The van der Waals surface area contributed by atoms with Gasteiger partial charge in [0.1, 0.15) is 16.2 Å². The SMILES string of the molecule is OC(O)c1nc2cnc(NCC3(c4ncccc4F)CCC3)nc2s1. The standard InChI is InChI=1S/C16H16FN5O2S/c17-9-3-1-6-18-11(9)16(4-2-5-16)8-20-15-19-7-10-12(22-15)25-13(21-10)14(23)24/h1,3,6-7,14,23-24H,2,4-5,8H2,(H,19,20,22). The molecule has 0 spiro atoms. The topological polar surface area (TPSA) is 104 Å². The summed E-state index contributed by atoms with van der Waals surface area (Å²) in [6.45, 7) is 0.487. The molecular weight excluding hydrogens is 345 g/mol. The summed E-state index contributed by atoms with van der Waals surface area (Å²) in [5.41, 5.74) is 0.648. The van der Waals surface area contributed by atoms with Gasteiger partial charge in [0, 0.05) is 18.2 Å². The van der Waals surface area contributed by atoms with E-state index in [1.54, 1.807) is 12.3 Å². The van der Waals surface area contributed by atoms with Crippen molar-refractivity contribution in [3.05, 3.63) is 41.0 Å². The molecular formula is C16H16FN5O2S. The zero-order valence-electron chi connectivity index (χ0n) is 13.2. The number of hydrogen-bond donors (Lipinski definition) is 3. The fourth-order valence-corrected chi connectivity index (χ4v) is 3.86. The second-order valence-corrected chi connectivity index (χ2v) is 7.14. The van der Waals surface area contributed by atoms with E-state index in [2.05, 4.69) is 25.3 Å². The lowest BCUT2D eigenvalue weighted by atomic mass is 9.66. The molecule has 1 saturated carbocycles. The van der Waals surface area contributed by atoms with Crippen molar-refractivity contribution < 1.29 is 14.6 Å². The van der Waals surface area contributed by atoms with Crippen molar-refractivity contribution in [1.29, 1.82) is 0 Å². The molecule has 130 valence electrons. The molecule has 0 aliphatic heterocycles. The molecule has 25 heavy (non-hydrogen) atoms. The summed E-state index contributed by atoms with van der Waals surface area (Å²) in [5.74, 6) is 0.113. The number of anilines is 1. The number of halogens is 1. The van der Waals surface area contributed by atoms with Crippen LogP contribution in [0.5, 0.6) is 0 Å². The minimum Gasteiger partial charge on any atom is -0.363 e. The van der Waals surface area contributed by atoms with Crippen LogP contribution in [0.15, 0.2) is 24.5 Å². The lowest BCUT2D eigenvalue weighted by Gasteiger charge is -2.41. The molecule has 1 aliphatic rings. The second kappa shape index (κ2) is 6.25. The Bertz CT molecular complexity index is 912. The van der Waals surface area contributed by atoms with Crippen LogP contribution in [-0.4, -0.2) is 36.7 Å². The number of aromatic nitrogens is 4. The predicted molar refractivity (Wildman–Crippen MR) is 90.6 cm³/mol. The maximum Gasteiger partial charge on any atom is 0.224 e. The van der Waals surface area contributed by atoms with Gasteiger partial charge in [-0.25, -0.2) is 19.3 Å². The first-order valence-corrected chi connectivity index (χ1v) is 8.74. The molecule has 9 heteroatoms. The molecule has 0 unspecified atom stereocenters. The van der Waals surface area contributed by atoms with E-state index in [1.807, 2.05) is 0 Å². The van der Waals surface area contributed by atoms with Crippen LogP contribution in [0.25, 0.3) is 10.3 Å². The maximum atomic E-state index is 14.1. The van der Waals surface area contributed by atoms with Crippen molar-refractivity contribution in [1.82, 2.24) is 19.9 Å². The summed E-state index contributed by atoms with van der Waals surface area (Å²) in [6, 6.07) is 3.02. The van der Waals surface area contributed by atoms with Crippen LogP contribution >= 0.6 is 11.3 Å². The number of aliphatic hydroxyl groups is 2. The van der Waals surface area contributed by atoms with Gasteiger partial charge in [-0.1, -0.05) is 17.8 Å². The third-order valence-electron chi connectivity index (χ3n) is 4.54. The van der Waals surface area contributed by atoms with Crippen LogP contribution in [0.3, 0.4) is 0 Å². The molecule has 0 atom stereocenters. The first kappa shape index (κ1) is 16.2. The van der Waals surface area contributed by atoms with Crippen LogP contribution in [0.1, 0.15) is 36.3 Å². The number of thiazole rings is 1. The molecule has 3 N–H and O–H groups in total. The molecule has 0 amide bonds. The van der Waals surface area contributed by atoms with Gasteiger partial charge in [0.2, 0.25) is 12.2 Å². The number of nitrogens with one attached hydrogen (secondary N) is 1. The highest BCUT2D eigenvalue weighted by atomic mass is 32.1. The van der Waals surface area contributed by atoms with E-state index in [0.717, 1.165) is 30.6 Å². The number of rotatable bonds is 5. The minimum atomic E-state index is -1.62. The van der Waals surface area contributed by atoms with Crippen LogP contribution in [0.4, 0.5) is 10.3 Å². The van der Waals surface area contributed by atoms with Crippen LogP contribution in [0.2, 0.25) is 0 Å². The Morgan fingerprint density at radius 2 is 2.12 bits per heavy atom. The average Bonchev–Trinajstić information content (AvgIpc) is 2.99. The second-order valence-electron chi connectivity index (χ2n) is 6.13. The molecule has 0 saturated heterocycles. The zero-order chi connectivity index (χ0) is 17.4. The third-order valence-corrected chi connectivity index (χ3v) is 5.55. The van der Waals surface area contributed by atoms with E-state index in [0.29, 0.717) is 28.5 Å². The number of aliphatic hydroxyl groups excluding tert-OH is 1. The monoisotopic (exact) mass is 361 g/mol. The summed E-state index contributed by atoms with van der Waals surface area (Å²) in [6.07, 6.45) is 4.27. The van der Waals surface area contributed by atoms with Gasteiger partial charge in [-0.3, -0.25) is 4.98 Å². The number of hydrogen-bond acceptors (Lipinski definition) is 8. The minimum absolute atomic E-state index is 0.174. The smallest absolute Gasteiger partial charge is 0.224 e. The molecule has 0 bridgehead atoms. The number of pyridine rings is 1. The van der Waals surface area contributed by atoms with Gasteiger partial charge < -0.3 is 15.5 Å². The fourth-order valence-electron chi connectivity index (χ4n) is 3.07. The fraction of sp³-hybridized carbons (Fsp3) is 0.375. The quantitative estimate of drug-likeness (QED) is 0.598. The van der Waals surface area contributed by atoms with Crippen molar-refractivity contribution in [2.24, 2.45) is 0 Å². The first-order chi connectivity index (χ1) is 12.1. The highest BCUT2D eigenvalue weighted by Crippen LogP contribution is 2.43. The third kappa shape index (κ3) is 2.94. The molecule has 3 aromatic rings. The van der Waals surface area contributed by atoms with Gasteiger partial charge >= 0.3 is 0 Å². The molecule has 4 rings (SSSR count). The van der Waals surface area contributed by atoms with Crippen molar-refractivity contribution in [3.8, 4) is 0 Å². The summed E-state index contributed by atoms with van der Waals surface area (Å²) in [7, 11) is 0. The highest BCUT2D eigenvalue weighted by Gasteiger charge is 2.41. The lowest BCUT2D eigenvalue weighted by molar-refractivity contribution is -0.0424. The summed E-state index contributed by atoms with van der Waals surface area (Å²) in [4.78, 5) is 17.4. The van der Waals surface area contributed by atoms with Gasteiger partial charge in [0.25, 0.3) is 0 Å². The van der Waals surface area contributed by atoms with Gasteiger partial charge in [-0.05, 0) is 25.0 Å². The molecule has 0 radical (unpaired) electrons. The lowest BCUT2D eigenvalue weighted by Crippen LogP contribution is -2.42. The van der Waals surface area contributed by atoms with Gasteiger partial charge in [0.05, 0.1) is 11.9 Å². The van der Waals surface area contributed by atoms with Crippen molar-refractivity contribution >= 4 is 27.6 Å². The molecule has 3 aromatic heterocycles. The van der Waals surface area contributed by atoms with E-state index in [1.165, 1.54) is 12.3 Å². The Balaban J connectivity index is 1.56. The van der Waals surface area contributed by atoms with Crippen molar-refractivity contribution in [3.63, 3.8) is 0 Å². The van der Waals surface area contributed by atoms with Gasteiger partial charge in [-0.15, -0.1) is 0 Å². The molecule has 1 fully saturated rings. The Morgan fingerprint density at radius 1 is 1.28 bits per heavy atom. The average molecular weight is 361 g/mol. The van der Waals surface area contributed by atoms with E-state index in [-0.39, 0.29) is 16.2 Å². The Kier molecular flexibility index (Phi) is 4.06. The summed E-state index contributed by atoms with van der Waals surface area (Å²) < 4.78 is 14.1. The van der Waals surface area contributed by atoms with Crippen LogP contribution in [0, 0.1) is 5.82 Å². The van der Waals surface area contributed by atoms with E-state index in [4.69, 9.17) is 0 Å². The molecule has 1 aliphatic carbocycles. The Labute approximate surface area is 146 Å². The summed E-state index contributed by atoms with van der Waals surface area (Å²) >= 11 is 1.10. The van der Waals surface area contributed by atoms with Crippen LogP contribution < -0.4 is 5.32 Å². The van der Waals surface area contributed by atoms with Crippen LogP contribution in [-0.2, 0) is 5.41 Å². The van der Waals surface area contributed by atoms with E-state index >= 15 is 0 Å². The van der Waals surface area contributed by atoms with E-state index < -0.39 is 6.29 Å². The number of nitrogens with zero attached hydrogens (tertiary/aromatic N) is 4. The Morgan fingerprint density at radius 3 is 2.80 bits per heavy atom. The Hall–Kier alpha value is -2.23. The van der Waals surface area contributed by atoms with E-state index in [9.17, 15) is 14.6 Å². The summed E-state index contributed by atoms with van der Waals surface area (Å²) in [5, 5.41) is 21.7. The first-order valence-electron chi connectivity index (χ1n) is 7.92. The molecule has 7 nitrogen and oxygen atoms in total. The zero-order valence-corrected chi connectivity index (χ0v) is 14.0. The van der Waals surface area contributed by atoms with Gasteiger partial charge in [0.15, 0.2) is 5.01 Å². The normalized spacial score (nSPS) is 16.2. The van der Waals surface area contributed by atoms with Crippen molar-refractivity contribution in [2.45, 2.75) is 31.0 Å². The molecule has 3 heterocycles. The maximum absolute atomic E-state index is 14.1. The number of fused-ring (bicyclic) bond motifs is 1. The largest absolute Gasteiger partial charge is 0.363 e. The predicted octanol–water partition coefficient (Wildman–Crippen LogP) is 2.14. The van der Waals surface area contributed by atoms with Crippen molar-refractivity contribution in [2.75, 3.05) is 11.9 Å².